The van der Waals surface area contributed by atoms with Crippen LogP contribution >= 0.6 is 32.1 Å². The average molecular weight is 400 g/mol. The second-order valence-electron chi connectivity index (χ2n) is 4.47. The minimum absolute atomic E-state index is 0.738. The van der Waals surface area contributed by atoms with Crippen molar-refractivity contribution in [3.63, 3.8) is 0 Å². The molecule has 0 spiro atoms. The summed E-state index contributed by atoms with van der Waals surface area (Å²) in [4.78, 5) is 4.45. The van der Waals surface area contributed by atoms with Crippen LogP contribution in [0.1, 0.15) is 16.7 Å². The number of methoxy groups -OCH3 is 1. The van der Waals surface area contributed by atoms with Crippen molar-refractivity contribution >= 4 is 37.9 Å². The lowest BCUT2D eigenvalue weighted by Gasteiger charge is -2.17. The topological polar surface area (TPSA) is 25.4 Å². The highest BCUT2D eigenvalue weighted by molar-refractivity contribution is 9.10. The average Bonchev–Trinajstić information content (AvgIpc) is 2.48. The fraction of sp³-hybridized carbons (Fsp3) is 0.267. The zero-order chi connectivity index (χ0) is 14.5. The van der Waals surface area contributed by atoms with E-state index >= 15 is 0 Å². The number of hydrogen-bond donors (Lipinski definition) is 0. The first-order valence-electron chi connectivity index (χ1n) is 6.21. The summed E-state index contributed by atoms with van der Waals surface area (Å²) >= 11 is 7.07. The van der Waals surface area contributed by atoms with E-state index in [9.17, 15) is 0 Å². The number of pyridine rings is 1. The van der Waals surface area contributed by atoms with Crippen molar-refractivity contribution in [2.45, 2.75) is 18.8 Å². The molecule has 0 aliphatic rings. The predicted molar refractivity (Wildman–Crippen MR) is 89.7 cm³/mol. The van der Waals surface area contributed by atoms with E-state index in [1.54, 1.807) is 7.11 Å². The Morgan fingerprint density at radius 3 is 2.55 bits per heavy atom. The van der Waals surface area contributed by atoms with Gasteiger partial charge in [0.05, 0.1) is 29.8 Å². The molecule has 5 heteroatoms. The molecular formula is C15H16Br2N2O. The van der Waals surface area contributed by atoms with Crippen LogP contribution in [0.15, 0.2) is 36.5 Å². The van der Waals surface area contributed by atoms with Crippen LogP contribution in [-0.4, -0.2) is 12.1 Å². The Labute approximate surface area is 136 Å². The van der Waals surface area contributed by atoms with E-state index in [0.717, 1.165) is 23.4 Å². The summed E-state index contributed by atoms with van der Waals surface area (Å²) in [6, 6.07) is 10.1. The molecule has 0 unspecified atom stereocenters. The Morgan fingerprint density at radius 2 is 1.95 bits per heavy atom. The summed E-state index contributed by atoms with van der Waals surface area (Å²) in [7, 11) is 1.67. The summed E-state index contributed by atoms with van der Waals surface area (Å²) in [5, 5.41) is 0.831. The minimum atomic E-state index is 0.738. The summed E-state index contributed by atoms with van der Waals surface area (Å²) in [5.41, 5.74) is 3.62. The van der Waals surface area contributed by atoms with Gasteiger partial charge in [-0.25, -0.2) is 4.98 Å². The molecule has 0 saturated heterocycles. The maximum Gasteiger partial charge on any atom is 0.139 e. The molecule has 0 fully saturated rings. The number of hydrogen-bond acceptors (Lipinski definition) is 3. The first-order chi connectivity index (χ1) is 9.63. The Kier molecular flexibility index (Phi) is 5.43. The normalized spacial score (nSPS) is 10.4. The van der Waals surface area contributed by atoms with Gasteiger partial charge in [0.25, 0.3) is 0 Å². The van der Waals surface area contributed by atoms with Crippen LogP contribution in [0.5, 0.6) is 5.75 Å². The molecule has 0 saturated carbocycles. The third kappa shape index (κ3) is 3.73. The van der Waals surface area contributed by atoms with E-state index in [1.165, 1.54) is 16.7 Å². The van der Waals surface area contributed by atoms with E-state index in [0.29, 0.717) is 0 Å². The monoisotopic (exact) mass is 398 g/mol. The van der Waals surface area contributed by atoms with Crippen molar-refractivity contribution in [2.24, 2.45) is 0 Å². The Morgan fingerprint density at radius 1 is 1.25 bits per heavy atom. The van der Waals surface area contributed by atoms with Gasteiger partial charge in [-0.3, -0.25) is 3.93 Å². The summed E-state index contributed by atoms with van der Waals surface area (Å²) in [6.45, 7) is 2.80. The largest absolute Gasteiger partial charge is 0.497 e. The number of aryl methyl sites for hydroxylation is 1. The number of anilines is 1. The minimum Gasteiger partial charge on any atom is -0.497 e. The molecule has 0 atom stereocenters. The van der Waals surface area contributed by atoms with Gasteiger partial charge in [0.1, 0.15) is 11.6 Å². The molecule has 2 rings (SSSR count). The molecule has 1 aromatic heterocycles. The molecule has 0 aliphatic carbocycles. The fourth-order valence-corrected chi connectivity index (χ4v) is 2.89. The SMILES string of the molecule is COc1ccc(CN(Br)c2cc(CBr)c(C)cn2)cc1. The van der Waals surface area contributed by atoms with Crippen LogP contribution in [0.3, 0.4) is 0 Å². The lowest BCUT2D eigenvalue weighted by Crippen LogP contribution is -2.11. The van der Waals surface area contributed by atoms with Gasteiger partial charge < -0.3 is 4.74 Å². The smallest absolute Gasteiger partial charge is 0.139 e. The molecule has 0 bridgehead atoms. The highest BCUT2D eigenvalue weighted by Gasteiger charge is 2.08. The van der Waals surface area contributed by atoms with Crippen molar-refractivity contribution in [1.82, 2.24) is 4.98 Å². The molecule has 3 nitrogen and oxygen atoms in total. The van der Waals surface area contributed by atoms with E-state index in [4.69, 9.17) is 4.74 Å². The van der Waals surface area contributed by atoms with E-state index in [2.05, 4.69) is 50.1 Å². The fourth-order valence-electron chi connectivity index (χ4n) is 1.80. The zero-order valence-corrected chi connectivity index (χ0v) is 14.6. The van der Waals surface area contributed by atoms with Gasteiger partial charge in [-0.15, -0.1) is 0 Å². The highest BCUT2D eigenvalue weighted by atomic mass is 79.9. The number of rotatable bonds is 5. The number of nitrogens with zero attached hydrogens (tertiary/aromatic N) is 2. The number of alkyl halides is 1. The van der Waals surface area contributed by atoms with Gasteiger partial charge in [-0.05, 0) is 41.8 Å². The highest BCUT2D eigenvalue weighted by Crippen LogP contribution is 2.23. The predicted octanol–water partition coefficient (Wildman–Crippen LogP) is 4.61. The Bertz CT molecular complexity index is 573. The third-order valence-corrected chi connectivity index (χ3v) is 4.29. The number of benzene rings is 1. The van der Waals surface area contributed by atoms with E-state index in [1.807, 2.05) is 34.4 Å². The van der Waals surface area contributed by atoms with Crippen molar-refractivity contribution in [3.8, 4) is 5.75 Å². The molecule has 20 heavy (non-hydrogen) atoms. The molecule has 0 N–H and O–H groups in total. The molecule has 0 radical (unpaired) electrons. The molecule has 106 valence electrons. The van der Waals surface area contributed by atoms with Crippen LogP contribution in [0.25, 0.3) is 0 Å². The number of halogens is 2. The maximum absolute atomic E-state index is 5.16. The second kappa shape index (κ2) is 7.09. The molecule has 2 aromatic rings. The summed E-state index contributed by atoms with van der Waals surface area (Å²) in [6.07, 6.45) is 1.90. The van der Waals surface area contributed by atoms with Gasteiger partial charge in [0.15, 0.2) is 0 Å². The molecular weight excluding hydrogens is 384 g/mol. The van der Waals surface area contributed by atoms with Crippen LogP contribution in [-0.2, 0) is 11.9 Å². The van der Waals surface area contributed by atoms with Crippen LogP contribution in [0, 0.1) is 6.92 Å². The molecule has 0 aliphatic heterocycles. The standard InChI is InChI=1S/C15H16Br2N2O/c1-11-9-18-15(7-13(11)8-16)19(17)10-12-3-5-14(20-2)6-4-12/h3-7,9H,8,10H2,1-2H3. The first kappa shape index (κ1) is 15.3. The second-order valence-corrected chi connectivity index (χ2v) is 5.89. The van der Waals surface area contributed by atoms with E-state index in [-0.39, 0.29) is 0 Å². The number of aromatic nitrogens is 1. The van der Waals surface area contributed by atoms with Crippen molar-refractivity contribution in [2.75, 3.05) is 11.0 Å². The lowest BCUT2D eigenvalue weighted by atomic mass is 10.2. The van der Waals surface area contributed by atoms with Crippen molar-refractivity contribution in [1.29, 1.82) is 0 Å². The zero-order valence-electron chi connectivity index (χ0n) is 11.4. The van der Waals surface area contributed by atoms with Crippen LogP contribution < -0.4 is 8.66 Å². The van der Waals surface area contributed by atoms with Gasteiger partial charge in [0.2, 0.25) is 0 Å². The van der Waals surface area contributed by atoms with Gasteiger partial charge in [-0.1, -0.05) is 28.1 Å². The van der Waals surface area contributed by atoms with E-state index < -0.39 is 0 Å². The van der Waals surface area contributed by atoms with Crippen LogP contribution in [0.4, 0.5) is 5.82 Å². The Balaban J connectivity index is 2.12. The van der Waals surface area contributed by atoms with Gasteiger partial charge >= 0.3 is 0 Å². The van der Waals surface area contributed by atoms with Crippen molar-refractivity contribution < 1.29 is 4.74 Å². The van der Waals surface area contributed by atoms with Crippen molar-refractivity contribution in [3.05, 3.63) is 53.2 Å². The number of ether oxygens (including phenoxy) is 1. The molecule has 1 heterocycles. The third-order valence-electron chi connectivity index (χ3n) is 3.07. The van der Waals surface area contributed by atoms with Gasteiger partial charge in [-0.2, -0.15) is 0 Å². The summed E-state index contributed by atoms with van der Waals surface area (Å²) < 4.78 is 7.12. The van der Waals surface area contributed by atoms with Crippen LogP contribution in [0.2, 0.25) is 0 Å². The molecule has 1 aromatic carbocycles. The summed E-state index contributed by atoms with van der Waals surface area (Å²) in [5.74, 6) is 1.77. The lowest BCUT2D eigenvalue weighted by molar-refractivity contribution is 0.414. The quantitative estimate of drug-likeness (QED) is 0.542. The Hall–Kier alpha value is -1.07. The molecule has 0 amide bonds. The van der Waals surface area contributed by atoms with Gasteiger partial charge in [0, 0.05) is 11.5 Å². The first-order valence-corrected chi connectivity index (χ1v) is 8.05. The maximum atomic E-state index is 5.16.